The highest BCUT2D eigenvalue weighted by Gasteiger charge is 2.12. The first-order valence-electron chi connectivity index (χ1n) is 6.44. The molecule has 0 bridgehead atoms. The van der Waals surface area contributed by atoms with Crippen LogP contribution >= 0.6 is 0 Å². The number of aryl methyl sites for hydroxylation is 1. The Balaban J connectivity index is 2.29. The van der Waals surface area contributed by atoms with Crippen molar-refractivity contribution in [2.75, 3.05) is 6.54 Å². The van der Waals surface area contributed by atoms with Crippen molar-refractivity contribution in [3.63, 3.8) is 0 Å². The molecule has 1 unspecified atom stereocenters. The lowest BCUT2D eigenvalue weighted by atomic mass is 9.99. The zero-order chi connectivity index (χ0) is 12.8. The van der Waals surface area contributed by atoms with Crippen molar-refractivity contribution in [3.8, 4) is 0 Å². The minimum absolute atomic E-state index is 0.191. The average molecular weight is 241 g/mol. The Morgan fingerprint density at radius 1 is 1.00 bits per heavy atom. The van der Waals surface area contributed by atoms with Crippen LogP contribution in [-0.4, -0.2) is 16.7 Å². The van der Waals surface area contributed by atoms with E-state index in [1.54, 1.807) is 6.20 Å². The van der Waals surface area contributed by atoms with E-state index in [1.165, 1.54) is 11.1 Å². The standard InChI is InChI=1S/C15H19N3/c1-3-12-5-7-13(8-6-12)15(16-4-2)14-9-10-17-18-11-14/h5-11,15-16H,3-4H2,1-2H3. The van der Waals surface area contributed by atoms with Gasteiger partial charge in [0.05, 0.1) is 12.2 Å². The zero-order valence-electron chi connectivity index (χ0n) is 10.9. The second kappa shape index (κ2) is 6.26. The molecule has 94 valence electrons. The van der Waals surface area contributed by atoms with Crippen LogP contribution in [0.15, 0.2) is 42.7 Å². The van der Waals surface area contributed by atoms with Gasteiger partial charge in [0.15, 0.2) is 0 Å². The molecule has 1 aromatic carbocycles. The number of benzene rings is 1. The van der Waals surface area contributed by atoms with E-state index in [-0.39, 0.29) is 6.04 Å². The van der Waals surface area contributed by atoms with Crippen LogP contribution in [-0.2, 0) is 6.42 Å². The van der Waals surface area contributed by atoms with Crippen LogP contribution in [0.5, 0.6) is 0 Å². The van der Waals surface area contributed by atoms with Crippen LogP contribution in [0, 0.1) is 0 Å². The topological polar surface area (TPSA) is 37.8 Å². The molecular formula is C15H19N3. The van der Waals surface area contributed by atoms with Crippen LogP contribution in [0.2, 0.25) is 0 Å². The number of aromatic nitrogens is 2. The number of hydrogen-bond acceptors (Lipinski definition) is 3. The van der Waals surface area contributed by atoms with E-state index >= 15 is 0 Å². The SMILES string of the molecule is CCNC(c1ccc(CC)cc1)c1ccnnc1. The Morgan fingerprint density at radius 3 is 2.33 bits per heavy atom. The summed E-state index contributed by atoms with van der Waals surface area (Å²) in [6.45, 7) is 5.20. The summed E-state index contributed by atoms with van der Waals surface area (Å²) in [6, 6.07) is 11.0. The van der Waals surface area contributed by atoms with Crippen molar-refractivity contribution >= 4 is 0 Å². The number of hydrogen-bond donors (Lipinski definition) is 1. The van der Waals surface area contributed by atoms with E-state index in [9.17, 15) is 0 Å². The van der Waals surface area contributed by atoms with Crippen LogP contribution < -0.4 is 5.32 Å². The maximum Gasteiger partial charge on any atom is 0.0593 e. The van der Waals surface area contributed by atoms with Gasteiger partial charge in [-0.15, -0.1) is 0 Å². The molecule has 1 atom stereocenters. The number of nitrogens with zero attached hydrogens (tertiary/aromatic N) is 2. The summed E-state index contributed by atoms with van der Waals surface area (Å²) >= 11 is 0. The molecule has 0 aliphatic carbocycles. The van der Waals surface area contributed by atoms with Gasteiger partial charge >= 0.3 is 0 Å². The van der Waals surface area contributed by atoms with Gasteiger partial charge in [-0.1, -0.05) is 38.1 Å². The lowest BCUT2D eigenvalue weighted by molar-refractivity contribution is 0.626. The third-order valence-electron chi connectivity index (χ3n) is 3.07. The molecule has 0 aliphatic heterocycles. The predicted molar refractivity (Wildman–Crippen MR) is 73.4 cm³/mol. The van der Waals surface area contributed by atoms with E-state index < -0.39 is 0 Å². The molecule has 1 heterocycles. The summed E-state index contributed by atoms with van der Waals surface area (Å²) in [6.07, 6.45) is 4.63. The first-order chi connectivity index (χ1) is 8.85. The van der Waals surface area contributed by atoms with Gasteiger partial charge in [0.2, 0.25) is 0 Å². The molecule has 3 nitrogen and oxygen atoms in total. The third kappa shape index (κ3) is 2.93. The van der Waals surface area contributed by atoms with Crippen molar-refractivity contribution in [3.05, 3.63) is 59.4 Å². The van der Waals surface area contributed by atoms with Gasteiger partial charge in [-0.25, -0.2) is 0 Å². The smallest absolute Gasteiger partial charge is 0.0593 e. The maximum atomic E-state index is 3.96. The Kier molecular flexibility index (Phi) is 4.42. The Hall–Kier alpha value is -1.74. The van der Waals surface area contributed by atoms with Gasteiger partial charge < -0.3 is 5.32 Å². The average Bonchev–Trinajstić information content (AvgIpc) is 2.46. The molecule has 1 N–H and O–H groups in total. The lowest BCUT2D eigenvalue weighted by Crippen LogP contribution is -2.22. The summed E-state index contributed by atoms with van der Waals surface area (Å²) in [4.78, 5) is 0. The quantitative estimate of drug-likeness (QED) is 0.874. The van der Waals surface area contributed by atoms with Gasteiger partial charge in [0, 0.05) is 6.20 Å². The van der Waals surface area contributed by atoms with Crippen molar-refractivity contribution in [2.45, 2.75) is 26.3 Å². The zero-order valence-corrected chi connectivity index (χ0v) is 10.9. The monoisotopic (exact) mass is 241 g/mol. The van der Waals surface area contributed by atoms with Crippen molar-refractivity contribution in [1.82, 2.24) is 15.5 Å². The van der Waals surface area contributed by atoms with Gasteiger partial charge in [0.25, 0.3) is 0 Å². The molecule has 2 rings (SSSR count). The summed E-state index contributed by atoms with van der Waals surface area (Å²) in [5, 5.41) is 11.3. The lowest BCUT2D eigenvalue weighted by Gasteiger charge is -2.18. The molecule has 0 radical (unpaired) electrons. The molecule has 0 fully saturated rings. The van der Waals surface area contributed by atoms with Gasteiger partial charge in [-0.2, -0.15) is 10.2 Å². The third-order valence-corrected chi connectivity index (χ3v) is 3.07. The fraction of sp³-hybridized carbons (Fsp3) is 0.333. The fourth-order valence-corrected chi connectivity index (χ4v) is 2.05. The van der Waals surface area contributed by atoms with Gasteiger partial charge in [-0.3, -0.25) is 0 Å². The molecule has 0 spiro atoms. The molecule has 0 saturated heterocycles. The van der Waals surface area contributed by atoms with E-state index in [2.05, 4.69) is 53.6 Å². The molecule has 1 aromatic heterocycles. The highest BCUT2D eigenvalue weighted by Crippen LogP contribution is 2.21. The Morgan fingerprint density at radius 2 is 1.78 bits per heavy atom. The molecule has 0 aliphatic rings. The van der Waals surface area contributed by atoms with E-state index in [1.807, 2.05) is 12.3 Å². The second-order valence-corrected chi connectivity index (χ2v) is 4.26. The van der Waals surface area contributed by atoms with Crippen LogP contribution in [0.1, 0.15) is 36.6 Å². The minimum atomic E-state index is 0.191. The number of rotatable bonds is 5. The van der Waals surface area contributed by atoms with Crippen LogP contribution in [0.25, 0.3) is 0 Å². The minimum Gasteiger partial charge on any atom is -0.306 e. The summed E-state index contributed by atoms with van der Waals surface area (Å²) in [5.41, 5.74) is 3.78. The highest BCUT2D eigenvalue weighted by atomic mass is 15.1. The predicted octanol–water partition coefficient (Wildman–Crippen LogP) is 2.74. The number of nitrogens with one attached hydrogen (secondary N) is 1. The first-order valence-corrected chi connectivity index (χ1v) is 6.44. The Bertz CT molecular complexity index is 465. The summed E-state index contributed by atoms with van der Waals surface area (Å²) in [7, 11) is 0. The van der Waals surface area contributed by atoms with Gasteiger partial charge in [-0.05, 0) is 35.7 Å². The molecule has 18 heavy (non-hydrogen) atoms. The molecule has 0 amide bonds. The second-order valence-electron chi connectivity index (χ2n) is 4.26. The molecule has 0 saturated carbocycles. The Labute approximate surface area is 108 Å². The van der Waals surface area contributed by atoms with Crippen molar-refractivity contribution in [2.24, 2.45) is 0 Å². The van der Waals surface area contributed by atoms with Crippen molar-refractivity contribution < 1.29 is 0 Å². The van der Waals surface area contributed by atoms with Crippen molar-refractivity contribution in [1.29, 1.82) is 0 Å². The maximum absolute atomic E-state index is 3.96. The van der Waals surface area contributed by atoms with Crippen LogP contribution in [0.3, 0.4) is 0 Å². The van der Waals surface area contributed by atoms with E-state index in [0.717, 1.165) is 18.5 Å². The van der Waals surface area contributed by atoms with E-state index in [0.29, 0.717) is 0 Å². The molecular weight excluding hydrogens is 222 g/mol. The van der Waals surface area contributed by atoms with Gasteiger partial charge in [0.1, 0.15) is 0 Å². The molecule has 3 heteroatoms. The summed E-state index contributed by atoms with van der Waals surface area (Å²) < 4.78 is 0. The van der Waals surface area contributed by atoms with Crippen LogP contribution in [0.4, 0.5) is 0 Å². The summed E-state index contributed by atoms with van der Waals surface area (Å²) in [5.74, 6) is 0. The molecule has 2 aromatic rings. The fourth-order valence-electron chi connectivity index (χ4n) is 2.05. The normalized spacial score (nSPS) is 12.3. The largest absolute Gasteiger partial charge is 0.306 e. The first kappa shape index (κ1) is 12.7. The highest BCUT2D eigenvalue weighted by molar-refractivity contribution is 5.31. The van der Waals surface area contributed by atoms with E-state index in [4.69, 9.17) is 0 Å².